The van der Waals surface area contributed by atoms with Crippen molar-refractivity contribution in [3.8, 4) is 11.5 Å². The average molecular weight is 358 g/mol. The van der Waals surface area contributed by atoms with Crippen LogP contribution < -0.4 is 14.8 Å². The maximum absolute atomic E-state index is 11.5. The summed E-state index contributed by atoms with van der Waals surface area (Å²) in [5.74, 6) is 2.02. The first-order valence-corrected chi connectivity index (χ1v) is 8.39. The van der Waals surface area contributed by atoms with Gasteiger partial charge in [0.05, 0.1) is 20.3 Å². The van der Waals surface area contributed by atoms with Crippen LogP contribution in [0.3, 0.4) is 0 Å². The van der Waals surface area contributed by atoms with Crippen LogP contribution in [0.4, 0.5) is 0 Å². The zero-order valence-corrected chi connectivity index (χ0v) is 15.3. The minimum atomic E-state index is -0.180. The van der Waals surface area contributed by atoms with Gasteiger partial charge in [-0.1, -0.05) is 6.07 Å². The van der Waals surface area contributed by atoms with Crippen molar-refractivity contribution in [1.29, 1.82) is 0 Å². The Kier molecular flexibility index (Phi) is 9.57. The van der Waals surface area contributed by atoms with E-state index in [-0.39, 0.29) is 18.4 Å². The van der Waals surface area contributed by atoms with Crippen molar-refractivity contribution in [2.45, 2.75) is 32.6 Å². The zero-order chi connectivity index (χ0) is 16.5. The van der Waals surface area contributed by atoms with Crippen molar-refractivity contribution in [3.63, 3.8) is 0 Å². The summed E-state index contributed by atoms with van der Waals surface area (Å²) in [4.78, 5) is 11.5. The molecule has 2 rings (SSSR count). The van der Waals surface area contributed by atoms with Crippen molar-refractivity contribution in [2.75, 3.05) is 33.4 Å². The van der Waals surface area contributed by atoms with Gasteiger partial charge in [0.2, 0.25) is 0 Å². The molecule has 1 heterocycles. The van der Waals surface area contributed by atoms with E-state index in [2.05, 4.69) is 5.32 Å². The SMILES string of the molecule is CCOC(=O)CCc1ccc(OCC2CCNCC2)cc1OC.Cl. The second kappa shape index (κ2) is 11.2. The molecule has 0 aliphatic carbocycles. The van der Waals surface area contributed by atoms with E-state index in [1.807, 2.05) is 25.1 Å². The smallest absolute Gasteiger partial charge is 0.306 e. The summed E-state index contributed by atoms with van der Waals surface area (Å²) in [6.45, 7) is 5.12. The number of benzene rings is 1. The number of ether oxygens (including phenoxy) is 3. The molecule has 0 unspecified atom stereocenters. The third kappa shape index (κ3) is 6.57. The van der Waals surface area contributed by atoms with E-state index in [0.717, 1.165) is 49.6 Å². The van der Waals surface area contributed by atoms with E-state index in [4.69, 9.17) is 14.2 Å². The van der Waals surface area contributed by atoms with Gasteiger partial charge in [-0.05, 0) is 56.8 Å². The highest BCUT2D eigenvalue weighted by molar-refractivity contribution is 5.85. The third-order valence-electron chi connectivity index (χ3n) is 4.11. The predicted molar refractivity (Wildman–Crippen MR) is 96.3 cm³/mol. The molecule has 1 aromatic carbocycles. The lowest BCUT2D eigenvalue weighted by molar-refractivity contribution is -0.143. The highest BCUT2D eigenvalue weighted by atomic mass is 35.5. The molecule has 0 saturated carbocycles. The number of carbonyl (C=O) groups is 1. The minimum absolute atomic E-state index is 0. The molecule has 0 bridgehead atoms. The van der Waals surface area contributed by atoms with E-state index in [1.165, 1.54) is 0 Å². The normalized spacial score (nSPS) is 14.6. The standard InChI is InChI=1S/C18H27NO4.ClH/c1-3-22-18(20)7-5-15-4-6-16(12-17(15)21-2)23-13-14-8-10-19-11-9-14;/h4,6,12,14,19H,3,5,7-11,13H2,1-2H3;1H. The van der Waals surface area contributed by atoms with Gasteiger partial charge in [0, 0.05) is 12.5 Å². The summed E-state index contributed by atoms with van der Waals surface area (Å²) in [5.41, 5.74) is 0.995. The minimum Gasteiger partial charge on any atom is -0.496 e. The summed E-state index contributed by atoms with van der Waals surface area (Å²) >= 11 is 0. The largest absolute Gasteiger partial charge is 0.496 e. The molecule has 0 amide bonds. The Labute approximate surface area is 150 Å². The Morgan fingerprint density at radius 3 is 2.71 bits per heavy atom. The maximum Gasteiger partial charge on any atom is 0.306 e. The molecule has 0 aromatic heterocycles. The van der Waals surface area contributed by atoms with Crippen LogP contribution >= 0.6 is 12.4 Å². The van der Waals surface area contributed by atoms with Crippen LogP contribution in [0.2, 0.25) is 0 Å². The van der Waals surface area contributed by atoms with Crippen LogP contribution in [-0.2, 0) is 16.0 Å². The molecule has 0 atom stereocenters. The van der Waals surface area contributed by atoms with Crippen LogP contribution in [0.5, 0.6) is 11.5 Å². The van der Waals surface area contributed by atoms with Gasteiger partial charge >= 0.3 is 5.97 Å². The van der Waals surface area contributed by atoms with Crippen LogP contribution in [0.15, 0.2) is 18.2 Å². The highest BCUT2D eigenvalue weighted by Crippen LogP contribution is 2.26. The van der Waals surface area contributed by atoms with Gasteiger partial charge in [0.1, 0.15) is 11.5 Å². The first kappa shape index (κ1) is 20.6. The molecule has 1 saturated heterocycles. The fourth-order valence-electron chi connectivity index (χ4n) is 2.75. The summed E-state index contributed by atoms with van der Waals surface area (Å²) in [5, 5.41) is 3.36. The lowest BCUT2D eigenvalue weighted by atomic mass is 9.99. The highest BCUT2D eigenvalue weighted by Gasteiger charge is 2.14. The van der Waals surface area contributed by atoms with Crippen LogP contribution in [0.1, 0.15) is 31.7 Å². The Morgan fingerprint density at radius 2 is 2.04 bits per heavy atom. The van der Waals surface area contributed by atoms with Gasteiger partial charge < -0.3 is 19.5 Å². The number of rotatable bonds is 8. The molecule has 1 N–H and O–H groups in total. The van der Waals surface area contributed by atoms with Crippen molar-refractivity contribution in [2.24, 2.45) is 5.92 Å². The molecule has 1 aliphatic rings. The number of nitrogens with one attached hydrogen (secondary N) is 1. The van der Waals surface area contributed by atoms with Crippen molar-refractivity contribution >= 4 is 18.4 Å². The van der Waals surface area contributed by atoms with Gasteiger partial charge in [-0.2, -0.15) is 0 Å². The third-order valence-corrected chi connectivity index (χ3v) is 4.11. The number of hydrogen-bond acceptors (Lipinski definition) is 5. The van der Waals surface area contributed by atoms with Gasteiger partial charge in [-0.15, -0.1) is 12.4 Å². The predicted octanol–water partition coefficient (Wildman–Crippen LogP) is 2.99. The van der Waals surface area contributed by atoms with Gasteiger partial charge in [-0.25, -0.2) is 0 Å². The van der Waals surface area contributed by atoms with E-state index in [0.29, 0.717) is 25.4 Å². The Bertz CT molecular complexity index is 504. The molecule has 1 aromatic rings. The summed E-state index contributed by atoms with van der Waals surface area (Å²) in [6.07, 6.45) is 3.29. The summed E-state index contributed by atoms with van der Waals surface area (Å²) in [6, 6.07) is 5.82. The Morgan fingerprint density at radius 1 is 1.29 bits per heavy atom. The zero-order valence-electron chi connectivity index (χ0n) is 14.5. The van der Waals surface area contributed by atoms with Crippen LogP contribution in [0, 0.1) is 5.92 Å². The second-order valence-corrected chi connectivity index (χ2v) is 5.78. The van der Waals surface area contributed by atoms with E-state index >= 15 is 0 Å². The second-order valence-electron chi connectivity index (χ2n) is 5.78. The Balaban J connectivity index is 0.00000288. The van der Waals surface area contributed by atoms with Crippen molar-refractivity contribution < 1.29 is 19.0 Å². The van der Waals surface area contributed by atoms with Crippen LogP contribution in [-0.4, -0.2) is 39.4 Å². The number of aryl methyl sites for hydroxylation is 1. The van der Waals surface area contributed by atoms with Crippen molar-refractivity contribution in [3.05, 3.63) is 23.8 Å². The van der Waals surface area contributed by atoms with Gasteiger partial charge in [0.25, 0.3) is 0 Å². The van der Waals surface area contributed by atoms with Crippen molar-refractivity contribution in [1.82, 2.24) is 5.32 Å². The number of piperidine rings is 1. The average Bonchev–Trinajstić information content (AvgIpc) is 2.59. The molecule has 1 aliphatic heterocycles. The molecule has 1 fully saturated rings. The van der Waals surface area contributed by atoms with Gasteiger partial charge in [0.15, 0.2) is 0 Å². The first-order valence-electron chi connectivity index (χ1n) is 8.39. The topological polar surface area (TPSA) is 56.8 Å². The molecular weight excluding hydrogens is 330 g/mol. The van der Waals surface area contributed by atoms with Crippen LogP contribution in [0.25, 0.3) is 0 Å². The van der Waals surface area contributed by atoms with E-state index < -0.39 is 0 Å². The molecule has 6 heteroatoms. The molecule has 0 radical (unpaired) electrons. The molecule has 24 heavy (non-hydrogen) atoms. The molecular formula is C18H28ClNO4. The maximum atomic E-state index is 11.5. The number of methoxy groups -OCH3 is 1. The molecule has 5 nitrogen and oxygen atoms in total. The van der Waals surface area contributed by atoms with E-state index in [9.17, 15) is 4.79 Å². The fourth-order valence-corrected chi connectivity index (χ4v) is 2.75. The van der Waals surface area contributed by atoms with E-state index in [1.54, 1.807) is 7.11 Å². The number of hydrogen-bond donors (Lipinski definition) is 1. The lowest BCUT2D eigenvalue weighted by Gasteiger charge is -2.22. The first-order chi connectivity index (χ1) is 11.2. The number of carbonyl (C=O) groups excluding carboxylic acids is 1. The monoisotopic (exact) mass is 357 g/mol. The Hall–Kier alpha value is -1.46. The summed E-state index contributed by atoms with van der Waals surface area (Å²) < 4.78 is 16.3. The number of esters is 1. The quantitative estimate of drug-likeness (QED) is 0.725. The summed E-state index contributed by atoms with van der Waals surface area (Å²) in [7, 11) is 1.64. The lowest BCUT2D eigenvalue weighted by Crippen LogP contribution is -2.30. The molecule has 0 spiro atoms. The molecule has 136 valence electrons. The fraction of sp³-hybridized carbons (Fsp3) is 0.611. The number of halogens is 1. The van der Waals surface area contributed by atoms with Gasteiger partial charge in [-0.3, -0.25) is 4.79 Å².